The van der Waals surface area contributed by atoms with Crippen molar-refractivity contribution in [1.29, 1.82) is 0 Å². The van der Waals surface area contributed by atoms with E-state index in [1.54, 1.807) is 6.07 Å². The van der Waals surface area contributed by atoms with E-state index >= 15 is 0 Å². The predicted molar refractivity (Wildman–Crippen MR) is 84.4 cm³/mol. The monoisotopic (exact) mass is 342 g/mol. The molecule has 21 heavy (non-hydrogen) atoms. The first kappa shape index (κ1) is 14.4. The van der Waals surface area contributed by atoms with Crippen molar-refractivity contribution in [1.82, 2.24) is 5.16 Å². The van der Waals surface area contributed by atoms with Gasteiger partial charge in [-0.3, -0.25) is 0 Å². The van der Waals surface area contributed by atoms with Gasteiger partial charge in [-0.25, -0.2) is 4.39 Å². The van der Waals surface area contributed by atoms with Gasteiger partial charge in [0.2, 0.25) is 5.88 Å². The summed E-state index contributed by atoms with van der Waals surface area (Å²) >= 11 is 13.7. The number of nitrogen functional groups attached to an aromatic ring is 1. The fraction of sp³-hybridized carbons (Fsp3) is 0.0714. The lowest BCUT2D eigenvalue weighted by Crippen LogP contribution is -1.91. The van der Waals surface area contributed by atoms with Crippen molar-refractivity contribution in [2.75, 3.05) is 5.73 Å². The molecule has 0 radical (unpaired) electrons. The Bertz CT molecular complexity index is 808. The molecule has 0 unspecified atom stereocenters. The number of thiophene rings is 1. The lowest BCUT2D eigenvalue weighted by atomic mass is 10.0. The Hall–Kier alpha value is -1.56. The van der Waals surface area contributed by atoms with Gasteiger partial charge in [-0.15, -0.1) is 11.3 Å². The predicted octanol–water partition coefficient (Wildman–Crippen LogP) is 5.41. The van der Waals surface area contributed by atoms with Gasteiger partial charge in [-0.1, -0.05) is 34.4 Å². The minimum absolute atomic E-state index is 0.000815. The average Bonchev–Trinajstić information content (AvgIpc) is 2.95. The number of nitrogens with zero attached hydrogens (tertiary/aromatic N) is 1. The zero-order chi connectivity index (χ0) is 15.1. The number of anilines is 1. The maximum absolute atomic E-state index is 14.2. The third kappa shape index (κ3) is 2.31. The Morgan fingerprint density at radius 3 is 2.67 bits per heavy atom. The van der Waals surface area contributed by atoms with E-state index in [0.717, 1.165) is 5.56 Å². The molecule has 0 aliphatic rings. The zero-order valence-electron chi connectivity index (χ0n) is 10.8. The first-order chi connectivity index (χ1) is 10.0. The molecule has 0 spiro atoms. The van der Waals surface area contributed by atoms with Crippen molar-refractivity contribution in [3.8, 4) is 21.7 Å². The molecule has 0 saturated heterocycles. The second kappa shape index (κ2) is 5.33. The van der Waals surface area contributed by atoms with Gasteiger partial charge >= 0.3 is 0 Å². The summed E-state index contributed by atoms with van der Waals surface area (Å²) in [4.78, 5) is 0.670. The van der Waals surface area contributed by atoms with Crippen LogP contribution in [0.4, 0.5) is 10.3 Å². The molecular weight excluding hydrogens is 334 g/mol. The second-order valence-corrected chi connectivity index (χ2v) is 6.09. The largest absolute Gasteiger partial charge is 0.367 e. The fourth-order valence-corrected chi connectivity index (χ4v) is 3.55. The molecule has 1 aromatic carbocycles. The number of aromatic nitrogens is 1. The molecule has 0 aliphatic heterocycles. The highest BCUT2D eigenvalue weighted by Crippen LogP contribution is 2.45. The van der Waals surface area contributed by atoms with Gasteiger partial charge in [0.05, 0.1) is 20.5 Å². The highest BCUT2D eigenvalue weighted by molar-refractivity contribution is 7.14. The molecule has 2 heterocycles. The quantitative estimate of drug-likeness (QED) is 0.677. The van der Waals surface area contributed by atoms with Gasteiger partial charge in [-0.2, -0.15) is 0 Å². The summed E-state index contributed by atoms with van der Waals surface area (Å²) in [6.45, 7) is 1.88. The number of rotatable bonds is 2. The zero-order valence-corrected chi connectivity index (χ0v) is 13.1. The molecular formula is C14H9Cl2FN2OS. The lowest BCUT2D eigenvalue weighted by molar-refractivity contribution is 0.439. The molecule has 0 atom stereocenters. The SMILES string of the molecule is Cc1csc(-c2noc(N)c2-c2c(F)cccc2Cl)c1Cl. The maximum atomic E-state index is 14.2. The van der Waals surface area contributed by atoms with E-state index in [2.05, 4.69) is 5.16 Å². The van der Waals surface area contributed by atoms with Crippen LogP contribution < -0.4 is 5.73 Å². The van der Waals surface area contributed by atoms with Crippen LogP contribution >= 0.6 is 34.5 Å². The molecule has 3 aromatic rings. The van der Waals surface area contributed by atoms with Gasteiger partial charge in [0.1, 0.15) is 11.5 Å². The van der Waals surface area contributed by atoms with Crippen LogP contribution in [0.15, 0.2) is 28.1 Å². The lowest BCUT2D eigenvalue weighted by Gasteiger charge is -2.06. The van der Waals surface area contributed by atoms with E-state index in [1.165, 1.54) is 23.5 Å². The summed E-state index contributed by atoms with van der Waals surface area (Å²) < 4.78 is 19.2. The average molecular weight is 343 g/mol. The Kier molecular flexibility index (Phi) is 3.65. The molecule has 108 valence electrons. The molecule has 3 rings (SSSR count). The van der Waals surface area contributed by atoms with Crippen LogP contribution in [-0.4, -0.2) is 5.16 Å². The second-order valence-electron chi connectivity index (χ2n) is 4.43. The number of hydrogen-bond acceptors (Lipinski definition) is 4. The van der Waals surface area contributed by atoms with Crippen molar-refractivity contribution in [2.24, 2.45) is 0 Å². The van der Waals surface area contributed by atoms with Crippen LogP contribution in [0.1, 0.15) is 5.56 Å². The van der Waals surface area contributed by atoms with Crippen molar-refractivity contribution < 1.29 is 8.91 Å². The highest BCUT2D eigenvalue weighted by Gasteiger charge is 2.25. The standard InChI is InChI=1S/C14H9Cl2FN2OS/c1-6-5-21-13(11(6)16)12-10(14(18)20-19-12)9-7(15)3-2-4-8(9)17/h2-5H,18H2,1H3. The van der Waals surface area contributed by atoms with Gasteiger partial charge in [-0.05, 0) is 30.0 Å². The van der Waals surface area contributed by atoms with Gasteiger partial charge in [0, 0.05) is 5.56 Å². The molecule has 3 nitrogen and oxygen atoms in total. The summed E-state index contributed by atoms with van der Waals surface area (Å²) in [6, 6.07) is 4.41. The molecule has 0 bridgehead atoms. The van der Waals surface area contributed by atoms with E-state index in [0.29, 0.717) is 21.2 Å². The Morgan fingerprint density at radius 1 is 1.29 bits per heavy atom. The highest BCUT2D eigenvalue weighted by atomic mass is 35.5. The number of benzene rings is 1. The molecule has 7 heteroatoms. The van der Waals surface area contributed by atoms with Crippen LogP contribution in [0.25, 0.3) is 21.7 Å². The first-order valence-electron chi connectivity index (χ1n) is 5.94. The van der Waals surface area contributed by atoms with Crippen molar-refractivity contribution in [3.05, 3.63) is 45.0 Å². The molecule has 0 fully saturated rings. The van der Waals surface area contributed by atoms with Crippen molar-refractivity contribution in [3.63, 3.8) is 0 Å². The number of aryl methyl sites for hydroxylation is 1. The fourth-order valence-electron chi connectivity index (χ4n) is 2.03. The third-order valence-corrected chi connectivity index (χ3v) is 5.06. The van der Waals surface area contributed by atoms with Crippen LogP contribution in [0.5, 0.6) is 0 Å². The van der Waals surface area contributed by atoms with Crippen LogP contribution in [-0.2, 0) is 0 Å². The summed E-state index contributed by atoms with van der Waals surface area (Å²) in [6.07, 6.45) is 0. The molecule has 0 saturated carbocycles. The van der Waals surface area contributed by atoms with Crippen LogP contribution in [0.3, 0.4) is 0 Å². The van der Waals surface area contributed by atoms with E-state index < -0.39 is 5.82 Å². The number of halogens is 3. The van der Waals surface area contributed by atoms with Gasteiger partial charge in [0.25, 0.3) is 0 Å². The minimum atomic E-state index is -0.497. The van der Waals surface area contributed by atoms with Crippen LogP contribution in [0, 0.1) is 12.7 Å². The molecule has 0 aliphatic carbocycles. The van der Waals surface area contributed by atoms with Gasteiger partial charge in [0.15, 0.2) is 0 Å². The van der Waals surface area contributed by atoms with Crippen molar-refractivity contribution >= 4 is 40.4 Å². The van der Waals surface area contributed by atoms with E-state index in [-0.39, 0.29) is 16.5 Å². The number of nitrogens with two attached hydrogens (primary N) is 1. The Balaban J connectivity index is 2.30. The third-order valence-electron chi connectivity index (χ3n) is 3.05. The maximum Gasteiger partial charge on any atom is 0.230 e. The molecule has 0 amide bonds. The van der Waals surface area contributed by atoms with Gasteiger partial charge < -0.3 is 10.3 Å². The smallest absolute Gasteiger partial charge is 0.230 e. The Morgan fingerprint density at radius 2 is 2.05 bits per heavy atom. The molecule has 2 aromatic heterocycles. The summed E-state index contributed by atoms with van der Waals surface area (Å²) in [5, 5.41) is 6.58. The van der Waals surface area contributed by atoms with Crippen molar-refractivity contribution in [2.45, 2.75) is 6.92 Å². The first-order valence-corrected chi connectivity index (χ1v) is 7.57. The molecule has 2 N–H and O–H groups in total. The van der Waals surface area contributed by atoms with E-state index in [1.807, 2.05) is 12.3 Å². The van der Waals surface area contributed by atoms with E-state index in [4.69, 9.17) is 33.5 Å². The van der Waals surface area contributed by atoms with Crippen LogP contribution in [0.2, 0.25) is 10.0 Å². The Labute approximate surface area is 134 Å². The normalized spacial score (nSPS) is 11.0. The minimum Gasteiger partial charge on any atom is -0.367 e. The summed E-state index contributed by atoms with van der Waals surface area (Å²) in [5.41, 5.74) is 7.59. The topological polar surface area (TPSA) is 52.0 Å². The van der Waals surface area contributed by atoms with E-state index in [9.17, 15) is 4.39 Å². The number of hydrogen-bond donors (Lipinski definition) is 1. The summed E-state index contributed by atoms with van der Waals surface area (Å²) in [5.74, 6) is -0.498. The summed E-state index contributed by atoms with van der Waals surface area (Å²) in [7, 11) is 0.